The summed E-state index contributed by atoms with van der Waals surface area (Å²) >= 11 is 0. The van der Waals surface area contributed by atoms with Gasteiger partial charge in [-0.25, -0.2) is 9.18 Å². The average molecular weight is 347 g/mol. The van der Waals surface area contributed by atoms with Crippen molar-refractivity contribution < 1.29 is 14.0 Å². The van der Waals surface area contributed by atoms with Crippen molar-refractivity contribution in [2.24, 2.45) is 5.92 Å². The molecule has 0 radical (unpaired) electrons. The Morgan fingerprint density at radius 2 is 1.64 bits per heavy atom. The van der Waals surface area contributed by atoms with Gasteiger partial charge in [0.15, 0.2) is 0 Å². The van der Waals surface area contributed by atoms with Gasteiger partial charge >= 0.3 is 6.03 Å². The zero-order valence-corrected chi connectivity index (χ0v) is 14.5. The third-order valence-corrected chi connectivity index (χ3v) is 5.18. The predicted molar refractivity (Wildman–Crippen MR) is 93.4 cm³/mol. The molecule has 0 atom stereocenters. The number of halogens is 1. The lowest BCUT2D eigenvalue weighted by atomic mass is 9.93. The third-order valence-electron chi connectivity index (χ3n) is 5.18. The number of carbonyl (C=O) groups excluding carboxylic acids is 2. The molecule has 2 heterocycles. The van der Waals surface area contributed by atoms with Gasteiger partial charge in [-0.15, -0.1) is 0 Å². The van der Waals surface area contributed by atoms with Gasteiger partial charge in [0, 0.05) is 39.1 Å². The van der Waals surface area contributed by atoms with E-state index in [1.54, 1.807) is 17.0 Å². The Kier molecular flexibility index (Phi) is 5.89. The van der Waals surface area contributed by atoms with E-state index < -0.39 is 0 Å². The van der Waals surface area contributed by atoms with Crippen molar-refractivity contribution in [3.05, 3.63) is 35.6 Å². The monoisotopic (exact) mass is 347 g/mol. The highest BCUT2D eigenvalue weighted by Crippen LogP contribution is 2.22. The summed E-state index contributed by atoms with van der Waals surface area (Å²) in [5, 5.41) is 2.88. The highest BCUT2D eigenvalue weighted by atomic mass is 19.1. The Bertz CT molecular complexity index is 591. The molecule has 136 valence electrons. The summed E-state index contributed by atoms with van der Waals surface area (Å²) < 4.78 is 12.9. The Morgan fingerprint density at radius 1 is 1.00 bits per heavy atom. The summed E-state index contributed by atoms with van der Waals surface area (Å²) in [6, 6.07) is 6.04. The first kappa shape index (κ1) is 17.7. The van der Waals surface area contributed by atoms with Gasteiger partial charge in [0.2, 0.25) is 5.91 Å². The Labute approximate surface area is 148 Å². The summed E-state index contributed by atoms with van der Waals surface area (Å²) in [6.45, 7) is 3.58. The number of hydrogen-bond acceptors (Lipinski definition) is 2. The molecule has 1 aromatic rings. The van der Waals surface area contributed by atoms with Crippen LogP contribution in [0, 0.1) is 11.7 Å². The number of nitrogens with zero attached hydrogens (tertiary/aromatic N) is 2. The molecule has 3 amide bonds. The van der Waals surface area contributed by atoms with Crippen molar-refractivity contribution in [1.29, 1.82) is 0 Å². The van der Waals surface area contributed by atoms with Crippen LogP contribution in [0.25, 0.3) is 0 Å². The first-order chi connectivity index (χ1) is 12.1. The molecule has 2 aliphatic heterocycles. The normalized spacial score (nSPS) is 18.4. The number of hydrogen-bond donors (Lipinski definition) is 1. The predicted octanol–water partition coefficient (Wildman–Crippen LogP) is 2.76. The molecular weight excluding hydrogens is 321 g/mol. The van der Waals surface area contributed by atoms with E-state index in [0.29, 0.717) is 32.0 Å². The molecule has 1 aromatic carbocycles. The summed E-state index contributed by atoms with van der Waals surface area (Å²) in [5.74, 6) is 0.381. The summed E-state index contributed by atoms with van der Waals surface area (Å²) in [6.07, 6.45) is 4.62. The highest BCUT2D eigenvalue weighted by molar-refractivity contribution is 5.77. The van der Waals surface area contributed by atoms with Gasteiger partial charge in [0.25, 0.3) is 0 Å². The fourth-order valence-electron chi connectivity index (χ4n) is 3.57. The van der Waals surface area contributed by atoms with E-state index in [9.17, 15) is 14.0 Å². The summed E-state index contributed by atoms with van der Waals surface area (Å²) in [4.78, 5) is 28.2. The van der Waals surface area contributed by atoms with Crippen LogP contribution in [0.15, 0.2) is 24.3 Å². The molecule has 1 N–H and O–H groups in total. The molecule has 3 rings (SSSR count). The maximum Gasteiger partial charge on any atom is 0.317 e. The smallest absolute Gasteiger partial charge is 0.317 e. The van der Waals surface area contributed by atoms with E-state index >= 15 is 0 Å². The number of likely N-dealkylation sites (tertiary alicyclic amines) is 2. The molecule has 0 bridgehead atoms. The lowest BCUT2D eigenvalue weighted by Gasteiger charge is -2.32. The average Bonchev–Trinajstić information content (AvgIpc) is 3.16. The van der Waals surface area contributed by atoms with Crippen LogP contribution >= 0.6 is 0 Å². The Hall–Kier alpha value is -2.11. The lowest BCUT2D eigenvalue weighted by molar-refractivity contribution is -0.131. The van der Waals surface area contributed by atoms with E-state index in [0.717, 1.165) is 44.3 Å². The first-order valence-electron chi connectivity index (χ1n) is 9.17. The number of urea groups is 1. The van der Waals surface area contributed by atoms with Gasteiger partial charge in [-0.2, -0.15) is 0 Å². The minimum absolute atomic E-state index is 0.0892. The molecule has 0 aliphatic carbocycles. The van der Waals surface area contributed by atoms with Crippen LogP contribution in [0.1, 0.15) is 37.7 Å². The summed E-state index contributed by atoms with van der Waals surface area (Å²) in [7, 11) is 0. The second-order valence-corrected chi connectivity index (χ2v) is 7.01. The maximum absolute atomic E-state index is 12.9. The van der Waals surface area contributed by atoms with Crippen molar-refractivity contribution in [3.63, 3.8) is 0 Å². The minimum atomic E-state index is -0.277. The van der Waals surface area contributed by atoms with E-state index in [4.69, 9.17) is 0 Å². The van der Waals surface area contributed by atoms with Crippen LogP contribution in [-0.2, 0) is 11.3 Å². The lowest BCUT2D eigenvalue weighted by Crippen LogP contribution is -2.44. The van der Waals surface area contributed by atoms with E-state index in [-0.39, 0.29) is 17.8 Å². The quantitative estimate of drug-likeness (QED) is 0.910. The first-order valence-corrected chi connectivity index (χ1v) is 9.17. The van der Waals surface area contributed by atoms with Crippen LogP contribution in [0.2, 0.25) is 0 Å². The molecule has 0 aromatic heterocycles. The van der Waals surface area contributed by atoms with Crippen LogP contribution < -0.4 is 5.32 Å². The molecule has 0 spiro atoms. The molecule has 0 unspecified atom stereocenters. The van der Waals surface area contributed by atoms with Gasteiger partial charge in [0.1, 0.15) is 5.82 Å². The molecule has 2 fully saturated rings. The number of nitrogens with one attached hydrogen (secondary N) is 1. The van der Waals surface area contributed by atoms with E-state index in [2.05, 4.69) is 5.32 Å². The summed E-state index contributed by atoms with van der Waals surface area (Å²) in [5.41, 5.74) is 0.876. The number of rotatable bonds is 4. The molecule has 5 nitrogen and oxygen atoms in total. The number of piperidine rings is 1. The second-order valence-electron chi connectivity index (χ2n) is 7.01. The molecule has 0 saturated carbocycles. The van der Waals surface area contributed by atoms with Gasteiger partial charge in [-0.3, -0.25) is 4.79 Å². The Morgan fingerprint density at radius 3 is 2.28 bits per heavy atom. The standard InChI is InChI=1S/C19H26FN3O2/c20-17-5-3-16(4-6-17)14-21-19(25)23-11-7-15(8-12-23)13-18(24)22-9-1-2-10-22/h3-6,15H,1-2,7-14H2,(H,21,25). The zero-order valence-electron chi connectivity index (χ0n) is 14.5. The number of benzene rings is 1. The van der Waals surface area contributed by atoms with Gasteiger partial charge in [-0.1, -0.05) is 12.1 Å². The van der Waals surface area contributed by atoms with Crippen molar-refractivity contribution in [1.82, 2.24) is 15.1 Å². The van der Waals surface area contributed by atoms with E-state index in [1.165, 1.54) is 12.1 Å². The molecule has 2 saturated heterocycles. The van der Waals surface area contributed by atoms with Gasteiger partial charge in [0.05, 0.1) is 0 Å². The number of amides is 3. The van der Waals surface area contributed by atoms with Gasteiger partial charge in [-0.05, 0) is 49.3 Å². The van der Waals surface area contributed by atoms with E-state index in [1.807, 2.05) is 4.90 Å². The molecule has 6 heteroatoms. The minimum Gasteiger partial charge on any atom is -0.343 e. The van der Waals surface area contributed by atoms with Crippen molar-refractivity contribution in [3.8, 4) is 0 Å². The Balaban J connectivity index is 1.38. The number of carbonyl (C=O) groups is 2. The second kappa shape index (κ2) is 8.32. The van der Waals surface area contributed by atoms with Crippen LogP contribution in [0.5, 0.6) is 0 Å². The zero-order chi connectivity index (χ0) is 17.6. The van der Waals surface area contributed by atoms with Crippen LogP contribution in [0.4, 0.5) is 9.18 Å². The largest absolute Gasteiger partial charge is 0.343 e. The van der Waals surface area contributed by atoms with Crippen molar-refractivity contribution >= 4 is 11.9 Å². The van der Waals surface area contributed by atoms with Crippen LogP contribution in [0.3, 0.4) is 0 Å². The SMILES string of the molecule is O=C(CC1CCN(C(=O)NCc2ccc(F)cc2)CC1)N1CCCC1. The molecule has 2 aliphatic rings. The fraction of sp³-hybridized carbons (Fsp3) is 0.579. The fourth-order valence-corrected chi connectivity index (χ4v) is 3.57. The maximum atomic E-state index is 12.9. The topological polar surface area (TPSA) is 52.7 Å². The highest BCUT2D eigenvalue weighted by Gasteiger charge is 2.26. The van der Waals surface area contributed by atoms with Crippen molar-refractivity contribution in [2.75, 3.05) is 26.2 Å². The van der Waals surface area contributed by atoms with Gasteiger partial charge < -0.3 is 15.1 Å². The van der Waals surface area contributed by atoms with Crippen molar-refractivity contribution in [2.45, 2.75) is 38.6 Å². The van der Waals surface area contributed by atoms with Crippen LogP contribution in [-0.4, -0.2) is 47.9 Å². The molecular formula is C19H26FN3O2. The third kappa shape index (κ3) is 4.94. The molecule has 25 heavy (non-hydrogen) atoms.